The van der Waals surface area contributed by atoms with E-state index in [1.165, 1.54) is 0 Å². The minimum atomic E-state index is -0.251. The molecule has 1 saturated heterocycles. The van der Waals surface area contributed by atoms with Crippen LogP contribution >= 0.6 is 0 Å². The van der Waals surface area contributed by atoms with Crippen LogP contribution in [0.15, 0.2) is 36.0 Å². The fourth-order valence-corrected chi connectivity index (χ4v) is 2.91. The van der Waals surface area contributed by atoms with Crippen LogP contribution in [0.2, 0.25) is 0 Å². The highest BCUT2D eigenvalue weighted by Crippen LogP contribution is 2.23. The third kappa shape index (κ3) is 4.55. The van der Waals surface area contributed by atoms with Crippen molar-refractivity contribution in [1.82, 2.24) is 10.2 Å². The number of hydrogen-bond donors (Lipinski definition) is 1. The van der Waals surface area contributed by atoms with Gasteiger partial charge in [-0.25, -0.2) is 4.79 Å². The lowest BCUT2D eigenvalue weighted by atomic mass is 9.98. The van der Waals surface area contributed by atoms with Crippen molar-refractivity contribution >= 4 is 5.97 Å². The maximum atomic E-state index is 11.8. The summed E-state index contributed by atoms with van der Waals surface area (Å²) in [5.41, 5.74) is 1.66. The van der Waals surface area contributed by atoms with Gasteiger partial charge in [0.05, 0.1) is 5.57 Å². The number of nitrogens with one attached hydrogen (secondary N) is 1. The second-order valence-electron chi connectivity index (χ2n) is 5.91. The first kappa shape index (κ1) is 16.0. The van der Waals surface area contributed by atoms with E-state index in [2.05, 4.69) is 35.9 Å². The van der Waals surface area contributed by atoms with Gasteiger partial charge in [0.25, 0.3) is 0 Å². The number of nitrogens with zero attached hydrogens (tertiary/aromatic N) is 1. The standard InChI is InChI=1S/C17H26N2O2/c1-4-16-15(11-14(3)21-17(16)20)7-5-6-9-19-10-8-18-13(2)12-19/h4-5,7,13-14,18H,1,6,8-12H2,2-3H3/b7-5+. The zero-order valence-electron chi connectivity index (χ0n) is 13.1. The Kier molecular flexibility index (Phi) is 5.76. The average molecular weight is 290 g/mol. The molecule has 0 aliphatic carbocycles. The van der Waals surface area contributed by atoms with Crippen LogP contribution in [0.5, 0.6) is 0 Å². The van der Waals surface area contributed by atoms with Crippen LogP contribution in [-0.2, 0) is 9.53 Å². The summed E-state index contributed by atoms with van der Waals surface area (Å²) in [6, 6.07) is 0.576. The van der Waals surface area contributed by atoms with Crippen molar-refractivity contribution in [3.05, 3.63) is 36.0 Å². The summed E-state index contributed by atoms with van der Waals surface area (Å²) in [5.74, 6) is -0.251. The Morgan fingerprint density at radius 2 is 2.29 bits per heavy atom. The molecule has 0 saturated carbocycles. The lowest BCUT2D eigenvalue weighted by Gasteiger charge is -2.31. The summed E-state index contributed by atoms with van der Waals surface area (Å²) in [7, 11) is 0. The largest absolute Gasteiger partial charge is 0.459 e. The van der Waals surface area contributed by atoms with Crippen molar-refractivity contribution in [2.45, 2.75) is 38.8 Å². The molecule has 2 unspecified atom stereocenters. The van der Waals surface area contributed by atoms with Gasteiger partial charge in [0.1, 0.15) is 6.10 Å². The summed E-state index contributed by atoms with van der Waals surface area (Å²) < 4.78 is 5.22. The lowest BCUT2D eigenvalue weighted by Crippen LogP contribution is -2.49. The maximum absolute atomic E-state index is 11.8. The molecular weight excluding hydrogens is 264 g/mol. The number of allylic oxidation sites excluding steroid dienone is 1. The Morgan fingerprint density at radius 1 is 1.48 bits per heavy atom. The quantitative estimate of drug-likeness (QED) is 0.787. The summed E-state index contributed by atoms with van der Waals surface area (Å²) >= 11 is 0. The van der Waals surface area contributed by atoms with Gasteiger partial charge in [0.15, 0.2) is 0 Å². The minimum Gasteiger partial charge on any atom is -0.459 e. The van der Waals surface area contributed by atoms with E-state index < -0.39 is 0 Å². The van der Waals surface area contributed by atoms with Crippen LogP contribution < -0.4 is 5.32 Å². The van der Waals surface area contributed by atoms with E-state index in [9.17, 15) is 4.79 Å². The summed E-state index contributed by atoms with van der Waals surface area (Å²) in [5, 5.41) is 3.45. The second kappa shape index (κ2) is 7.57. The third-order valence-electron chi connectivity index (χ3n) is 3.97. The molecular formula is C17H26N2O2. The van der Waals surface area contributed by atoms with Crippen LogP contribution in [0.4, 0.5) is 0 Å². The molecule has 1 N–H and O–H groups in total. The predicted molar refractivity (Wildman–Crippen MR) is 85.1 cm³/mol. The van der Waals surface area contributed by atoms with E-state index in [1.54, 1.807) is 6.08 Å². The highest BCUT2D eigenvalue weighted by atomic mass is 16.5. The number of carbonyl (C=O) groups excluding carboxylic acids is 1. The zero-order chi connectivity index (χ0) is 15.2. The first-order chi connectivity index (χ1) is 10.1. The monoisotopic (exact) mass is 290 g/mol. The number of cyclic esters (lactones) is 1. The van der Waals surface area contributed by atoms with E-state index in [-0.39, 0.29) is 12.1 Å². The van der Waals surface area contributed by atoms with Gasteiger partial charge in [-0.05, 0) is 25.8 Å². The van der Waals surface area contributed by atoms with E-state index in [0.717, 1.165) is 44.6 Å². The molecule has 0 spiro atoms. The minimum absolute atomic E-state index is 0.0464. The first-order valence-corrected chi connectivity index (χ1v) is 7.79. The van der Waals surface area contributed by atoms with Crippen LogP contribution in [0.1, 0.15) is 26.7 Å². The highest BCUT2D eigenvalue weighted by molar-refractivity contribution is 5.93. The summed E-state index contributed by atoms with van der Waals surface area (Å²) in [6.07, 6.45) is 7.57. The second-order valence-corrected chi connectivity index (χ2v) is 5.91. The van der Waals surface area contributed by atoms with Crippen molar-refractivity contribution in [2.75, 3.05) is 26.2 Å². The number of ether oxygens (including phenoxy) is 1. The molecule has 2 aliphatic rings. The van der Waals surface area contributed by atoms with Gasteiger partial charge in [-0.1, -0.05) is 24.8 Å². The highest BCUT2D eigenvalue weighted by Gasteiger charge is 2.22. The molecule has 21 heavy (non-hydrogen) atoms. The summed E-state index contributed by atoms with van der Waals surface area (Å²) in [4.78, 5) is 14.2. The van der Waals surface area contributed by atoms with Gasteiger partial charge < -0.3 is 15.0 Å². The van der Waals surface area contributed by atoms with Gasteiger partial charge in [0.2, 0.25) is 0 Å². The number of piperazine rings is 1. The Bertz CT molecular complexity index is 454. The smallest absolute Gasteiger partial charge is 0.338 e. The molecule has 4 nitrogen and oxygen atoms in total. The SMILES string of the molecule is C=CC1=C(/C=C/CCN2CCNC(C)C2)CC(C)OC1=O. The average Bonchev–Trinajstić information content (AvgIpc) is 2.43. The van der Waals surface area contributed by atoms with Crippen LogP contribution in [0.3, 0.4) is 0 Å². The first-order valence-electron chi connectivity index (χ1n) is 7.79. The zero-order valence-corrected chi connectivity index (χ0v) is 13.1. The van der Waals surface area contributed by atoms with Gasteiger partial charge in [-0.15, -0.1) is 0 Å². The Morgan fingerprint density at radius 3 is 3.00 bits per heavy atom. The molecule has 0 amide bonds. The number of carbonyl (C=O) groups is 1. The van der Waals surface area contributed by atoms with Gasteiger partial charge in [-0.3, -0.25) is 0 Å². The molecule has 116 valence electrons. The van der Waals surface area contributed by atoms with Gasteiger partial charge >= 0.3 is 5.97 Å². The molecule has 2 atom stereocenters. The molecule has 0 aromatic heterocycles. The number of rotatable bonds is 5. The van der Waals surface area contributed by atoms with Crippen molar-refractivity contribution in [2.24, 2.45) is 0 Å². The fourth-order valence-electron chi connectivity index (χ4n) is 2.91. The Balaban J connectivity index is 1.87. The molecule has 1 fully saturated rings. The van der Waals surface area contributed by atoms with Crippen molar-refractivity contribution in [1.29, 1.82) is 0 Å². The number of esters is 1. The summed E-state index contributed by atoms with van der Waals surface area (Å²) in [6.45, 7) is 12.2. The van der Waals surface area contributed by atoms with Crippen molar-refractivity contribution < 1.29 is 9.53 Å². The maximum Gasteiger partial charge on any atom is 0.338 e. The van der Waals surface area contributed by atoms with Crippen LogP contribution in [-0.4, -0.2) is 49.2 Å². The molecule has 2 heterocycles. The molecule has 0 aromatic rings. The van der Waals surface area contributed by atoms with Crippen molar-refractivity contribution in [3.63, 3.8) is 0 Å². The van der Waals surface area contributed by atoms with E-state index in [0.29, 0.717) is 11.6 Å². The van der Waals surface area contributed by atoms with Crippen molar-refractivity contribution in [3.8, 4) is 0 Å². The molecule has 0 radical (unpaired) electrons. The number of hydrogen-bond acceptors (Lipinski definition) is 4. The van der Waals surface area contributed by atoms with E-state index in [1.807, 2.05) is 6.92 Å². The van der Waals surface area contributed by atoms with E-state index in [4.69, 9.17) is 4.74 Å². The Hall–Kier alpha value is -1.39. The lowest BCUT2D eigenvalue weighted by molar-refractivity contribution is -0.144. The topological polar surface area (TPSA) is 41.6 Å². The molecule has 4 heteroatoms. The van der Waals surface area contributed by atoms with Crippen LogP contribution in [0, 0.1) is 0 Å². The Labute approximate surface area is 127 Å². The third-order valence-corrected chi connectivity index (χ3v) is 3.97. The molecule has 0 bridgehead atoms. The van der Waals surface area contributed by atoms with E-state index >= 15 is 0 Å². The van der Waals surface area contributed by atoms with Crippen LogP contribution in [0.25, 0.3) is 0 Å². The normalized spacial score (nSPS) is 28.0. The van der Waals surface area contributed by atoms with Gasteiger partial charge in [0, 0.05) is 38.6 Å². The molecule has 2 rings (SSSR count). The molecule has 0 aromatic carbocycles. The molecule has 2 aliphatic heterocycles. The van der Waals surface area contributed by atoms with Gasteiger partial charge in [-0.2, -0.15) is 0 Å². The predicted octanol–water partition coefficient (Wildman–Crippen LogP) is 2.04. The fraction of sp³-hybridized carbons (Fsp3) is 0.588.